The van der Waals surface area contributed by atoms with Gasteiger partial charge in [0.1, 0.15) is 17.5 Å². The second-order valence-corrected chi connectivity index (χ2v) is 6.22. The average molecular weight is 301 g/mol. The Labute approximate surface area is 131 Å². The van der Waals surface area contributed by atoms with Crippen LogP contribution in [0.5, 0.6) is 5.75 Å². The molecule has 2 atom stereocenters. The number of rotatable bonds is 4. The van der Waals surface area contributed by atoms with E-state index in [-0.39, 0.29) is 6.10 Å². The highest BCUT2D eigenvalue weighted by Crippen LogP contribution is 2.27. The number of benzene rings is 1. The largest absolute Gasteiger partial charge is 0.487 e. The monoisotopic (exact) mass is 301 g/mol. The summed E-state index contributed by atoms with van der Waals surface area (Å²) in [6.45, 7) is 4.15. The minimum Gasteiger partial charge on any atom is -0.487 e. The van der Waals surface area contributed by atoms with E-state index in [1.54, 1.807) is 6.20 Å². The lowest BCUT2D eigenvalue weighted by molar-refractivity contribution is -0.0996. The average Bonchev–Trinajstić information content (AvgIpc) is 2.88. The number of β-amino-alcohol motifs (C(OH)–C–C–N with tert-alkyl or cyclic N) is 1. The summed E-state index contributed by atoms with van der Waals surface area (Å²) >= 11 is 0. The number of hydrogen-bond donors (Lipinski definition) is 1. The van der Waals surface area contributed by atoms with Crippen molar-refractivity contribution in [3.05, 3.63) is 48.3 Å². The first-order chi connectivity index (χ1) is 10.5. The quantitative estimate of drug-likeness (QED) is 0.936. The Morgan fingerprint density at radius 1 is 1.32 bits per heavy atom. The van der Waals surface area contributed by atoms with Crippen LogP contribution < -0.4 is 4.74 Å². The summed E-state index contributed by atoms with van der Waals surface area (Å²) in [6, 6.07) is 11.7. The number of aryl methyl sites for hydroxylation is 1. The number of likely N-dealkylation sites (tertiary alicyclic amines) is 1. The van der Waals surface area contributed by atoms with Gasteiger partial charge in [-0.2, -0.15) is 5.10 Å². The van der Waals surface area contributed by atoms with Crippen molar-refractivity contribution in [1.82, 2.24) is 14.7 Å². The molecule has 0 bridgehead atoms. The first-order valence-electron chi connectivity index (χ1n) is 7.68. The third-order valence-electron chi connectivity index (χ3n) is 4.27. The van der Waals surface area contributed by atoms with Crippen molar-refractivity contribution in [2.24, 2.45) is 7.05 Å². The van der Waals surface area contributed by atoms with E-state index in [9.17, 15) is 5.11 Å². The third-order valence-corrected chi connectivity index (χ3v) is 4.27. The lowest BCUT2D eigenvalue weighted by Gasteiger charge is -2.42. The van der Waals surface area contributed by atoms with Gasteiger partial charge in [0.2, 0.25) is 0 Å². The SMILES string of the molecule is Cn1nccc1CN1CC[C@H](Oc2ccccc2)[C@@](C)(O)C1. The van der Waals surface area contributed by atoms with Gasteiger partial charge in [0.05, 0.1) is 5.69 Å². The Hall–Kier alpha value is -1.85. The molecule has 2 aromatic rings. The van der Waals surface area contributed by atoms with Crippen molar-refractivity contribution in [1.29, 1.82) is 0 Å². The Morgan fingerprint density at radius 3 is 2.73 bits per heavy atom. The molecule has 118 valence electrons. The zero-order chi connectivity index (χ0) is 15.6. The zero-order valence-corrected chi connectivity index (χ0v) is 13.1. The maximum absolute atomic E-state index is 10.8. The van der Waals surface area contributed by atoms with E-state index in [0.29, 0.717) is 6.54 Å². The van der Waals surface area contributed by atoms with E-state index in [2.05, 4.69) is 10.00 Å². The molecule has 0 aliphatic carbocycles. The molecule has 1 aromatic carbocycles. The van der Waals surface area contributed by atoms with E-state index in [1.165, 1.54) is 0 Å². The molecule has 1 aliphatic rings. The minimum atomic E-state index is -0.868. The van der Waals surface area contributed by atoms with Crippen molar-refractivity contribution in [2.45, 2.75) is 31.6 Å². The number of aromatic nitrogens is 2. The Balaban J connectivity index is 1.63. The predicted octanol–water partition coefficient (Wildman–Crippen LogP) is 1.82. The number of piperidine rings is 1. The van der Waals surface area contributed by atoms with Crippen molar-refractivity contribution in [3.63, 3.8) is 0 Å². The molecule has 1 fully saturated rings. The highest BCUT2D eigenvalue weighted by Gasteiger charge is 2.39. The molecule has 22 heavy (non-hydrogen) atoms. The Kier molecular flexibility index (Phi) is 4.18. The Morgan fingerprint density at radius 2 is 2.09 bits per heavy atom. The normalized spacial score (nSPS) is 26.0. The summed E-state index contributed by atoms with van der Waals surface area (Å²) in [5, 5.41) is 15.0. The van der Waals surface area contributed by atoms with Crippen molar-refractivity contribution in [2.75, 3.05) is 13.1 Å². The molecular formula is C17H23N3O2. The maximum atomic E-state index is 10.8. The number of para-hydroxylation sites is 1. The molecule has 0 unspecified atom stereocenters. The number of ether oxygens (including phenoxy) is 1. The van der Waals surface area contributed by atoms with Crippen LogP contribution in [-0.4, -0.2) is 44.6 Å². The first kappa shape index (κ1) is 15.1. The van der Waals surface area contributed by atoms with Crippen molar-refractivity contribution in [3.8, 4) is 5.75 Å². The fourth-order valence-electron chi connectivity index (χ4n) is 3.01. The van der Waals surface area contributed by atoms with Crippen molar-refractivity contribution < 1.29 is 9.84 Å². The Bertz CT molecular complexity index is 609. The summed E-state index contributed by atoms with van der Waals surface area (Å²) in [5.74, 6) is 0.813. The molecule has 1 saturated heterocycles. The number of nitrogens with zero attached hydrogens (tertiary/aromatic N) is 3. The summed E-state index contributed by atoms with van der Waals surface area (Å²) in [7, 11) is 1.94. The molecule has 0 saturated carbocycles. The lowest BCUT2D eigenvalue weighted by Crippen LogP contribution is -2.56. The standard InChI is InChI=1S/C17H23N3O2/c1-17(21)13-20(12-14-8-10-18-19(14)2)11-9-16(17)22-15-6-4-3-5-7-15/h3-8,10,16,21H,9,11-13H2,1-2H3/t16-,17-/m0/s1. The molecule has 2 heterocycles. The second-order valence-electron chi connectivity index (χ2n) is 6.22. The van der Waals surface area contributed by atoms with Gasteiger partial charge < -0.3 is 9.84 Å². The van der Waals surface area contributed by atoms with Crippen molar-refractivity contribution >= 4 is 0 Å². The number of aliphatic hydroxyl groups is 1. The highest BCUT2D eigenvalue weighted by molar-refractivity contribution is 5.22. The van der Waals surface area contributed by atoms with Gasteiger partial charge in [-0.3, -0.25) is 9.58 Å². The van der Waals surface area contributed by atoms with E-state index in [1.807, 2.05) is 55.1 Å². The fourth-order valence-corrected chi connectivity index (χ4v) is 3.01. The van der Waals surface area contributed by atoms with Crippen LogP contribution >= 0.6 is 0 Å². The maximum Gasteiger partial charge on any atom is 0.129 e. The van der Waals surface area contributed by atoms with Gasteiger partial charge in [0.25, 0.3) is 0 Å². The fraction of sp³-hybridized carbons (Fsp3) is 0.471. The lowest BCUT2D eigenvalue weighted by atomic mass is 9.91. The van der Waals surface area contributed by atoms with Crippen LogP contribution in [0.25, 0.3) is 0 Å². The van der Waals surface area contributed by atoms with Gasteiger partial charge in [0.15, 0.2) is 0 Å². The van der Waals surface area contributed by atoms with Gasteiger partial charge in [-0.15, -0.1) is 0 Å². The van der Waals surface area contributed by atoms with Crippen LogP contribution in [0.1, 0.15) is 19.0 Å². The van der Waals surface area contributed by atoms with E-state index in [0.717, 1.165) is 31.0 Å². The molecule has 3 rings (SSSR count). The third kappa shape index (κ3) is 3.31. The van der Waals surface area contributed by atoms with Crippen LogP contribution in [-0.2, 0) is 13.6 Å². The summed E-state index contributed by atoms with van der Waals surface area (Å²) in [6.07, 6.45) is 2.43. The van der Waals surface area contributed by atoms with E-state index < -0.39 is 5.60 Å². The van der Waals surface area contributed by atoms with E-state index >= 15 is 0 Å². The summed E-state index contributed by atoms with van der Waals surface area (Å²) < 4.78 is 7.86. The molecule has 0 spiro atoms. The predicted molar refractivity (Wildman–Crippen MR) is 84.6 cm³/mol. The minimum absolute atomic E-state index is 0.183. The van der Waals surface area contributed by atoms with E-state index in [4.69, 9.17) is 4.74 Å². The zero-order valence-electron chi connectivity index (χ0n) is 13.1. The summed E-state index contributed by atoms with van der Waals surface area (Å²) in [5.41, 5.74) is 0.283. The van der Waals surface area contributed by atoms with Gasteiger partial charge in [-0.1, -0.05) is 18.2 Å². The second kappa shape index (κ2) is 6.10. The molecule has 0 radical (unpaired) electrons. The molecule has 1 aliphatic heterocycles. The van der Waals surface area contributed by atoms with Crippen LogP contribution in [0.2, 0.25) is 0 Å². The molecule has 1 aromatic heterocycles. The van der Waals surface area contributed by atoms with Gasteiger partial charge >= 0.3 is 0 Å². The molecular weight excluding hydrogens is 278 g/mol. The van der Waals surface area contributed by atoms with Crippen LogP contribution in [0.15, 0.2) is 42.6 Å². The topological polar surface area (TPSA) is 50.5 Å². The van der Waals surface area contributed by atoms with Gasteiger partial charge in [-0.25, -0.2) is 0 Å². The van der Waals surface area contributed by atoms with Gasteiger partial charge in [0, 0.05) is 32.9 Å². The van der Waals surface area contributed by atoms with Crippen LogP contribution in [0.3, 0.4) is 0 Å². The first-order valence-corrected chi connectivity index (χ1v) is 7.68. The molecule has 5 heteroatoms. The highest BCUT2D eigenvalue weighted by atomic mass is 16.5. The van der Waals surface area contributed by atoms with Gasteiger partial charge in [-0.05, 0) is 31.5 Å². The molecule has 5 nitrogen and oxygen atoms in total. The van der Waals surface area contributed by atoms with Crippen LogP contribution in [0.4, 0.5) is 0 Å². The summed E-state index contributed by atoms with van der Waals surface area (Å²) in [4.78, 5) is 2.25. The number of hydrogen-bond acceptors (Lipinski definition) is 4. The molecule has 1 N–H and O–H groups in total. The molecule has 0 amide bonds. The van der Waals surface area contributed by atoms with Crippen LogP contribution in [0, 0.1) is 0 Å². The smallest absolute Gasteiger partial charge is 0.129 e.